The molecule has 0 amide bonds. The van der Waals surface area contributed by atoms with Crippen LogP contribution in [0.3, 0.4) is 0 Å². The van der Waals surface area contributed by atoms with E-state index in [-0.39, 0.29) is 12.0 Å². The quantitative estimate of drug-likeness (QED) is 0.184. The minimum absolute atomic E-state index is 0.0989. The smallest absolute Gasteiger partial charge is 0.135 e. The van der Waals surface area contributed by atoms with E-state index in [9.17, 15) is 0 Å². The Balaban J connectivity index is 0.941. The minimum atomic E-state index is -0.0989. The maximum absolute atomic E-state index is 6.58. The number of hydrogen-bond acceptors (Lipinski definition) is 2. The highest BCUT2D eigenvalue weighted by Gasteiger charge is 2.35. The largest absolute Gasteiger partial charge is 0.485 e. The molecule has 8 aromatic carbocycles. The van der Waals surface area contributed by atoms with Crippen LogP contribution in [0.4, 0.5) is 0 Å². The van der Waals surface area contributed by atoms with E-state index in [1.54, 1.807) is 0 Å². The molecule has 1 aromatic heterocycles. The van der Waals surface area contributed by atoms with E-state index >= 15 is 0 Å². The van der Waals surface area contributed by atoms with Crippen molar-refractivity contribution in [1.82, 2.24) is 0 Å². The van der Waals surface area contributed by atoms with Gasteiger partial charge in [0.15, 0.2) is 0 Å². The molecule has 2 unspecified atom stereocenters. The molecule has 4 aliphatic rings. The van der Waals surface area contributed by atoms with Gasteiger partial charge in [0.25, 0.3) is 0 Å². The lowest BCUT2D eigenvalue weighted by molar-refractivity contribution is 0.286. The molecule has 0 saturated heterocycles. The highest BCUT2D eigenvalue weighted by atomic mass is 16.5. The van der Waals surface area contributed by atoms with Crippen molar-refractivity contribution in [1.29, 1.82) is 0 Å². The van der Waals surface area contributed by atoms with Gasteiger partial charge in [-0.25, -0.2) is 0 Å². The number of benzene rings is 8. The molecule has 2 atom stereocenters. The predicted octanol–water partition coefficient (Wildman–Crippen LogP) is 11.5. The lowest BCUT2D eigenvalue weighted by atomic mass is 9.88. The van der Waals surface area contributed by atoms with Crippen LogP contribution in [0.15, 0.2) is 150 Å². The Morgan fingerprint density at radius 2 is 0.942 bits per heavy atom. The number of rotatable bonds is 2. The summed E-state index contributed by atoms with van der Waals surface area (Å²) < 4.78 is 13.1. The Labute approximate surface area is 299 Å². The number of fused-ring (bicyclic) bond motifs is 12. The van der Waals surface area contributed by atoms with Gasteiger partial charge >= 0.3 is 0 Å². The van der Waals surface area contributed by atoms with Gasteiger partial charge < -0.3 is 9.15 Å². The first kappa shape index (κ1) is 27.1. The third-order valence-electron chi connectivity index (χ3n) is 12.1. The second-order valence-electron chi connectivity index (χ2n) is 14.7. The van der Waals surface area contributed by atoms with Gasteiger partial charge in [0.1, 0.15) is 22.9 Å². The van der Waals surface area contributed by atoms with E-state index in [4.69, 9.17) is 9.15 Å². The zero-order valence-electron chi connectivity index (χ0n) is 28.0. The monoisotopic (exact) mass is 660 g/mol. The van der Waals surface area contributed by atoms with Crippen molar-refractivity contribution in [3.8, 4) is 72.5 Å². The fourth-order valence-electron chi connectivity index (χ4n) is 9.85. The van der Waals surface area contributed by atoms with Gasteiger partial charge in [-0.05, 0) is 113 Å². The Morgan fingerprint density at radius 3 is 1.58 bits per heavy atom. The summed E-state index contributed by atoms with van der Waals surface area (Å²) in [6.07, 6.45) is 4.48. The van der Waals surface area contributed by atoms with Crippen LogP contribution in [0.1, 0.15) is 11.5 Å². The zero-order chi connectivity index (χ0) is 33.7. The molecule has 0 N–H and O–H groups in total. The summed E-state index contributed by atoms with van der Waals surface area (Å²) in [7, 11) is 0. The van der Waals surface area contributed by atoms with Gasteiger partial charge in [-0.15, -0.1) is 0 Å². The summed E-state index contributed by atoms with van der Waals surface area (Å²) >= 11 is 0. The van der Waals surface area contributed by atoms with Crippen LogP contribution in [-0.4, -0.2) is 6.10 Å². The molecule has 240 valence electrons. The van der Waals surface area contributed by atoms with Gasteiger partial charge in [-0.1, -0.05) is 127 Å². The first-order valence-electron chi connectivity index (χ1n) is 18.2. The molecule has 1 aliphatic heterocycles. The van der Waals surface area contributed by atoms with E-state index in [1.165, 1.54) is 93.9 Å². The van der Waals surface area contributed by atoms with E-state index in [1.807, 2.05) is 0 Å². The van der Waals surface area contributed by atoms with Crippen LogP contribution in [0, 0.1) is 0 Å². The van der Waals surface area contributed by atoms with Crippen LogP contribution in [0.25, 0.3) is 111 Å². The third kappa shape index (κ3) is 3.40. The summed E-state index contributed by atoms with van der Waals surface area (Å²) in [6, 6.07) is 53.6. The fraction of sp³-hybridized carbons (Fsp3) is 0.0400. The van der Waals surface area contributed by atoms with Crippen LogP contribution < -0.4 is 15.4 Å². The molecule has 0 saturated carbocycles. The Morgan fingerprint density at radius 1 is 0.404 bits per heavy atom. The topological polar surface area (TPSA) is 22.4 Å². The molecule has 0 bridgehead atoms. The van der Waals surface area contributed by atoms with E-state index in [0.717, 1.165) is 27.4 Å². The third-order valence-corrected chi connectivity index (χ3v) is 12.1. The molecule has 2 heterocycles. The highest BCUT2D eigenvalue weighted by Crippen LogP contribution is 2.51. The van der Waals surface area contributed by atoms with Crippen LogP contribution >= 0.6 is 0 Å². The first-order chi connectivity index (χ1) is 25.8. The average molecular weight is 661 g/mol. The lowest BCUT2D eigenvalue weighted by Gasteiger charge is -2.14. The molecular weight excluding hydrogens is 633 g/mol. The van der Waals surface area contributed by atoms with Crippen molar-refractivity contribution in [2.75, 3.05) is 0 Å². The molecule has 13 rings (SSSR count). The van der Waals surface area contributed by atoms with E-state index < -0.39 is 0 Å². The van der Waals surface area contributed by atoms with E-state index in [0.29, 0.717) is 0 Å². The molecule has 0 spiro atoms. The molecule has 0 fully saturated rings. The van der Waals surface area contributed by atoms with Crippen molar-refractivity contribution in [3.05, 3.63) is 162 Å². The Bertz CT molecular complexity index is 3170. The number of furan rings is 1. The van der Waals surface area contributed by atoms with Gasteiger partial charge in [0.2, 0.25) is 0 Å². The maximum Gasteiger partial charge on any atom is 0.135 e. The molecule has 3 aliphatic carbocycles. The molecule has 9 aromatic rings. The normalized spacial score (nSPS) is 16.5. The zero-order valence-corrected chi connectivity index (χ0v) is 28.0. The van der Waals surface area contributed by atoms with Gasteiger partial charge in [-0.3, -0.25) is 0 Å². The van der Waals surface area contributed by atoms with Crippen molar-refractivity contribution in [3.63, 3.8) is 0 Å². The average Bonchev–Trinajstić information content (AvgIpc) is 3.93. The van der Waals surface area contributed by atoms with Crippen molar-refractivity contribution < 1.29 is 9.15 Å². The number of hydrogen-bond donors (Lipinski definition) is 0. The summed E-state index contributed by atoms with van der Waals surface area (Å²) in [5, 5.41) is 7.58. The summed E-state index contributed by atoms with van der Waals surface area (Å²) in [5.74, 6) is 1.05. The molecule has 2 nitrogen and oxygen atoms in total. The predicted molar refractivity (Wildman–Crippen MR) is 213 cm³/mol. The lowest BCUT2D eigenvalue weighted by Crippen LogP contribution is -2.32. The van der Waals surface area contributed by atoms with Crippen molar-refractivity contribution in [2.24, 2.45) is 0 Å². The molecule has 0 radical (unpaired) electrons. The minimum Gasteiger partial charge on any atom is -0.485 e. The van der Waals surface area contributed by atoms with Gasteiger partial charge in [0, 0.05) is 28.2 Å². The van der Waals surface area contributed by atoms with E-state index in [2.05, 4.69) is 158 Å². The fourth-order valence-corrected chi connectivity index (χ4v) is 9.85. The maximum atomic E-state index is 6.58. The Kier molecular flexibility index (Phi) is 4.99. The van der Waals surface area contributed by atoms with Crippen LogP contribution in [0.2, 0.25) is 0 Å². The van der Waals surface area contributed by atoms with Crippen molar-refractivity contribution >= 4 is 44.7 Å². The molecule has 52 heavy (non-hydrogen) atoms. The Hall–Kier alpha value is -6.64. The second-order valence-corrected chi connectivity index (χ2v) is 14.7. The highest BCUT2D eigenvalue weighted by molar-refractivity contribution is 6.20. The van der Waals surface area contributed by atoms with Gasteiger partial charge in [0.05, 0.1) is 0 Å². The summed E-state index contributed by atoms with van der Waals surface area (Å²) in [4.78, 5) is 0. The van der Waals surface area contributed by atoms with Crippen molar-refractivity contribution in [2.45, 2.75) is 12.0 Å². The first-order valence-corrected chi connectivity index (χ1v) is 18.2. The van der Waals surface area contributed by atoms with Gasteiger partial charge in [-0.2, -0.15) is 0 Å². The molecule has 2 heteroatoms. The number of ether oxygens (including phenoxy) is 1. The summed E-state index contributed by atoms with van der Waals surface area (Å²) in [6.45, 7) is 0. The van der Waals surface area contributed by atoms with Crippen LogP contribution in [0.5, 0.6) is 5.75 Å². The standard InChI is InChI=1S/C50H28O2/c1-3-9-33-31(7-1)37-13-5-11-35-29(17-19-39(33)49(35)37)27-15-21-45-41(23-27)43-25-44-42-24-28(16-22-46(42)52-48(44)26-47(43)51-45)30-18-20-40-34-10-4-2-8-32(34)38-14-6-12-36(30)50(38)40/h1-26,43,47H. The summed E-state index contributed by atoms with van der Waals surface area (Å²) in [5.41, 5.74) is 18.5. The SMILES string of the molecule is C1=c2oc3ccc(-c4ccc5c6c(cccc46)-c4ccccc4-5)cc3c2=CC2c3cc(-c4ccc5c6c(cccc46)-c4ccccc4-5)ccc3OC12. The molecular formula is C50H28O2. The van der Waals surface area contributed by atoms with Crippen LogP contribution in [-0.2, 0) is 0 Å². The second kappa shape index (κ2) is 9.57.